The van der Waals surface area contributed by atoms with E-state index in [2.05, 4.69) is 17.2 Å². The first-order valence-electron chi connectivity index (χ1n) is 6.89. The molecule has 0 aliphatic heterocycles. The maximum Gasteiger partial charge on any atom is 0.220 e. The van der Waals surface area contributed by atoms with Crippen LogP contribution in [-0.4, -0.2) is 15.5 Å². The van der Waals surface area contributed by atoms with Gasteiger partial charge in [0.25, 0.3) is 0 Å². The van der Waals surface area contributed by atoms with E-state index in [-0.39, 0.29) is 5.91 Å². The molecule has 1 heterocycles. The zero-order valence-corrected chi connectivity index (χ0v) is 11.6. The molecule has 2 aromatic rings. The third-order valence-electron chi connectivity index (χ3n) is 3.33. The lowest BCUT2D eigenvalue weighted by Crippen LogP contribution is -2.24. The second-order valence-electron chi connectivity index (χ2n) is 4.81. The number of amides is 1. The normalized spacial score (nSPS) is 10.8. The van der Waals surface area contributed by atoms with E-state index in [0.29, 0.717) is 13.0 Å². The van der Waals surface area contributed by atoms with Crippen molar-refractivity contribution in [1.29, 1.82) is 0 Å². The molecule has 102 valence electrons. The molecule has 1 N–H and O–H groups in total. The summed E-state index contributed by atoms with van der Waals surface area (Å²) in [6.07, 6.45) is 3.82. The quantitative estimate of drug-likeness (QED) is 0.811. The van der Waals surface area contributed by atoms with Crippen molar-refractivity contribution in [2.45, 2.75) is 39.2 Å². The standard InChI is InChI=1S/C15H21N3O/c1-3-4-5-10-15(19)16-11-14-17-12-8-6-7-9-13(12)18(14)2/h6-9H,3-5,10-11H2,1-2H3,(H,16,19). The van der Waals surface area contributed by atoms with Gasteiger partial charge in [-0.2, -0.15) is 0 Å². The van der Waals surface area contributed by atoms with Crippen molar-refractivity contribution < 1.29 is 4.79 Å². The van der Waals surface area contributed by atoms with Crippen LogP contribution in [0.1, 0.15) is 38.4 Å². The van der Waals surface area contributed by atoms with Crippen molar-refractivity contribution in [2.24, 2.45) is 7.05 Å². The molecule has 0 radical (unpaired) electrons. The predicted molar refractivity (Wildman–Crippen MR) is 76.7 cm³/mol. The topological polar surface area (TPSA) is 46.9 Å². The van der Waals surface area contributed by atoms with Gasteiger partial charge in [0.2, 0.25) is 5.91 Å². The number of hydrogen-bond acceptors (Lipinski definition) is 2. The van der Waals surface area contributed by atoms with Crippen LogP contribution in [0.25, 0.3) is 11.0 Å². The van der Waals surface area contributed by atoms with E-state index < -0.39 is 0 Å². The summed E-state index contributed by atoms with van der Waals surface area (Å²) >= 11 is 0. The fourth-order valence-electron chi connectivity index (χ4n) is 2.16. The summed E-state index contributed by atoms with van der Waals surface area (Å²) in [5.41, 5.74) is 2.07. The molecule has 0 fully saturated rings. The minimum Gasteiger partial charge on any atom is -0.349 e. The van der Waals surface area contributed by atoms with Crippen molar-refractivity contribution in [3.8, 4) is 0 Å². The molecule has 0 aliphatic rings. The third-order valence-corrected chi connectivity index (χ3v) is 3.33. The number of nitrogens with one attached hydrogen (secondary N) is 1. The number of unbranched alkanes of at least 4 members (excludes halogenated alkanes) is 2. The van der Waals surface area contributed by atoms with Crippen LogP contribution in [0.3, 0.4) is 0 Å². The Balaban J connectivity index is 1.94. The number of aryl methyl sites for hydroxylation is 1. The second-order valence-corrected chi connectivity index (χ2v) is 4.81. The van der Waals surface area contributed by atoms with Crippen molar-refractivity contribution in [1.82, 2.24) is 14.9 Å². The molecule has 19 heavy (non-hydrogen) atoms. The molecule has 4 nitrogen and oxygen atoms in total. The van der Waals surface area contributed by atoms with Gasteiger partial charge in [-0.25, -0.2) is 4.98 Å². The lowest BCUT2D eigenvalue weighted by atomic mass is 10.2. The molecular formula is C15H21N3O. The zero-order valence-electron chi connectivity index (χ0n) is 11.6. The van der Waals surface area contributed by atoms with Crippen LogP contribution < -0.4 is 5.32 Å². The summed E-state index contributed by atoms with van der Waals surface area (Å²) in [5.74, 6) is 1.01. The predicted octanol–water partition coefficient (Wildman–Crippen LogP) is 2.77. The van der Waals surface area contributed by atoms with E-state index in [4.69, 9.17) is 0 Å². The molecule has 0 atom stereocenters. The number of carbonyl (C=O) groups excluding carboxylic acids is 1. The first kappa shape index (κ1) is 13.6. The number of benzene rings is 1. The molecular weight excluding hydrogens is 238 g/mol. The number of nitrogens with zero attached hydrogens (tertiary/aromatic N) is 2. The summed E-state index contributed by atoms with van der Waals surface area (Å²) in [6, 6.07) is 8.00. The highest BCUT2D eigenvalue weighted by Gasteiger charge is 2.08. The Morgan fingerprint density at radius 3 is 2.84 bits per heavy atom. The van der Waals surface area contributed by atoms with Crippen LogP contribution in [0.15, 0.2) is 24.3 Å². The minimum atomic E-state index is 0.112. The SMILES string of the molecule is CCCCCC(=O)NCc1nc2ccccc2n1C. The van der Waals surface area contributed by atoms with Crippen LogP contribution in [-0.2, 0) is 18.4 Å². The van der Waals surface area contributed by atoms with Crippen LogP contribution in [0.2, 0.25) is 0 Å². The molecule has 0 bridgehead atoms. The minimum absolute atomic E-state index is 0.112. The van der Waals surface area contributed by atoms with E-state index in [1.807, 2.05) is 35.9 Å². The number of imidazole rings is 1. The van der Waals surface area contributed by atoms with Gasteiger partial charge >= 0.3 is 0 Å². The van der Waals surface area contributed by atoms with E-state index in [9.17, 15) is 4.79 Å². The summed E-state index contributed by atoms with van der Waals surface area (Å²) in [7, 11) is 1.98. The van der Waals surface area contributed by atoms with Gasteiger partial charge in [-0.3, -0.25) is 4.79 Å². The lowest BCUT2D eigenvalue weighted by molar-refractivity contribution is -0.121. The maximum absolute atomic E-state index is 11.7. The first-order chi connectivity index (χ1) is 9.22. The van der Waals surface area contributed by atoms with E-state index in [0.717, 1.165) is 36.1 Å². The first-order valence-corrected chi connectivity index (χ1v) is 6.89. The average Bonchev–Trinajstić information content (AvgIpc) is 2.74. The van der Waals surface area contributed by atoms with Crippen LogP contribution >= 0.6 is 0 Å². The van der Waals surface area contributed by atoms with Gasteiger partial charge in [-0.15, -0.1) is 0 Å². The number of rotatable bonds is 6. The Labute approximate surface area is 113 Å². The Bertz CT molecular complexity index is 560. The van der Waals surface area contributed by atoms with Crippen molar-refractivity contribution in [2.75, 3.05) is 0 Å². The van der Waals surface area contributed by atoms with Crippen LogP contribution in [0.4, 0.5) is 0 Å². The fraction of sp³-hybridized carbons (Fsp3) is 0.467. The fourth-order valence-corrected chi connectivity index (χ4v) is 2.16. The van der Waals surface area contributed by atoms with E-state index in [1.165, 1.54) is 0 Å². The Morgan fingerprint density at radius 1 is 1.32 bits per heavy atom. The smallest absolute Gasteiger partial charge is 0.220 e. The van der Waals surface area contributed by atoms with Crippen LogP contribution in [0.5, 0.6) is 0 Å². The monoisotopic (exact) mass is 259 g/mol. The molecule has 1 aromatic heterocycles. The van der Waals surface area contributed by atoms with Crippen molar-refractivity contribution in [3.05, 3.63) is 30.1 Å². The van der Waals surface area contributed by atoms with Gasteiger partial charge in [0.05, 0.1) is 17.6 Å². The molecule has 4 heteroatoms. The molecule has 2 rings (SSSR count). The molecule has 0 saturated heterocycles. The van der Waals surface area contributed by atoms with Gasteiger partial charge in [-0.05, 0) is 18.6 Å². The van der Waals surface area contributed by atoms with Crippen molar-refractivity contribution >= 4 is 16.9 Å². The molecule has 0 spiro atoms. The molecule has 0 unspecified atom stereocenters. The summed E-state index contributed by atoms with van der Waals surface area (Å²) < 4.78 is 2.03. The molecule has 1 aromatic carbocycles. The number of fused-ring (bicyclic) bond motifs is 1. The van der Waals surface area contributed by atoms with Gasteiger partial charge in [0.15, 0.2) is 0 Å². The maximum atomic E-state index is 11.7. The van der Waals surface area contributed by atoms with E-state index >= 15 is 0 Å². The lowest BCUT2D eigenvalue weighted by Gasteiger charge is -2.05. The number of hydrogen-bond donors (Lipinski definition) is 1. The Morgan fingerprint density at radius 2 is 2.11 bits per heavy atom. The van der Waals surface area contributed by atoms with Crippen molar-refractivity contribution in [3.63, 3.8) is 0 Å². The van der Waals surface area contributed by atoms with E-state index in [1.54, 1.807) is 0 Å². The second kappa shape index (κ2) is 6.36. The van der Waals surface area contributed by atoms with Gasteiger partial charge in [-0.1, -0.05) is 31.9 Å². The average molecular weight is 259 g/mol. The third kappa shape index (κ3) is 3.34. The summed E-state index contributed by atoms with van der Waals surface area (Å²) in [5, 5.41) is 2.94. The summed E-state index contributed by atoms with van der Waals surface area (Å²) in [4.78, 5) is 16.2. The Kier molecular flexibility index (Phi) is 4.55. The van der Waals surface area contributed by atoms with Gasteiger partial charge in [0.1, 0.15) is 5.82 Å². The highest BCUT2D eigenvalue weighted by Crippen LogP contribution is 2.13. The largest absolute Gasteiger partial charge is 0.349 e. The molecule has 1 amide bonds. The number of aromatic nitrogens is 2. The summed E-state index contributed by atoms with van der Waals surface area (Å²) in [6.45, 7) is 2.63. The highest BCUT2D eigenvalue weighted by atomic mass is 16.1. The van der Waals surface area contributed by atoms with Crippen LogP contribution in [0, 0.1) is 0 Å². The number of para-hydroxylation sites is 2. The highest BCUT2D eigenvalue weighted by molar-refractivity contribution is 5.77. The molecule has 0 saturated carbocycles. The van der Waals surface area contributed by atoms with Gasteiger partial charge < -0.3 is 9.88 Å². The zero-order chi connectivity index (χ0) is 13.7. The molecule has 0 aliphatic carbocycles. The van der Waals surface area contributed by atoms with Gasteiger partial charge in [0, 0.05) is 13.5 Å². The Hall–Kier alpha value is -1.84. The number of carbonyl (C=O) groups is 1.